The van der Waals surface area contributed by atoms with Crippen molar-refractivity contribution in [2.24, 2.45) is 0 Å². The van der Waals surface area contributed by atoms with Crippen molar-refractivity contribution in [2.45, 2.75) is 33.2 Å². The summed E-state index contributed by atoms with van der Waals surface area (Å²) in [7, 11) is 0. The summed E-state index contributed by atoms with van der Waals surface area (Å²) in [6, 6.07) is 4.42. The van der Waals surface area contributed by atoms with E-state index >= 15 is 0 Å². The normalized spacial score (nSPS) is 11.0. The Kier molecular flexibility index (Phi) is 6.35. The van der Waals surface area contributed by atoms with Crippen molar-refractivity contribution in [1.82, 2.24) is 4.98 Å². The van der Waals surface area contributed by atoms with Gasteiger partial charge in [0, 0.05) is 6.42 Å². The van der Waals surface area contributed by atoms with Crippen LogP contribution < -0.4 is 4.90 Å². The Morgan fingerprint density at radius 1 is 1.21 bits per heavy atom. The number of ether oxygens (including phenoxy) is 1. The molecule has 0 aliphatic carbocycles. The maximum Gasteiger partial charge on any atom is 0.306 e. The molecule has 0 fully saturated rings. The van der Waals surface area contributed by atoms with E-state index < -0.39 is 17.6 Å². The number of hydrogen-bond donors (Lipinski definition) is 0. The van der Waals surface area contributed by atoms with Crippen molar-refractivity contribution in [2.75, 3.05) is 11.5 Å². The Balaban J connectivity index is 1.86. The molecule has 0 aliphatic heterocycles. The fourth-order valence-corrected chi connectivity index (χ4v) is 4.58. The van der Waals surface area contributed by atoms with Gasteiger partial charge in [0.05, 0.1) is 24.3 Å². The van der Waals surface area contributed by atoms with E-state index in [4.69, 9.17) is 4.74 Å². The van der Waals surface area contributed by atoms with E-state index in [2.05, 4.69) is 4.98 Å². The molecule has 2 heterocycles. The van der Waals surface area contributed by atoms with E-state index in [1.54, 1.807) is 6.92 Å². The average Bonchev–Trinajstić information content (AvgIpc) is 3.27. The van der Waals surface area contributed by atoms with Crippen LogP contribution in [0.15, 0.2) is 23.6 Å². The molecule has 0 saturated carbocycles. The van der Waals surface area contributed by atoms with Crippen LogP contribution in [-0.4, -0.2) is 23.5 Å². The van der Waals surface area contributed by atoms with Gasteiger partial charge in [0.15, 0.2) is 11.6 Å². The van der Waals surface area contributed by atoms with Crippen molar-refractivity contribution in [1.29, 1.82) is 0 Å². The molecule has 5 nitrogen and oxygen atoms in total. The SMILES string of the molecule is CCOC(=O)CCC(=O)N(Cc1nc2c(F)c(F)ccc2s1)c1sccc1C. The van der Waals surface area contributed by atoms with Crippen LogP contribution in [0.2, 0.25) is 0 Å². The summed E-state index contributed by atoms with van der Waals surface area (Å²) in [6.45, 7) is 3.96. The number of amides is 1. The molecular weight excluding hydrogens is 406 g/mol. The number of fused-ring (bicyclic) bond motifs is 1. The lowest BCUT2D eigenvalue weighted by Gasteiger charge is -2.21. The fourth-order valence-electron chi connectivity index (χ4n) is 2.68. The van der Waals surface area contributed by atoms with Gasteiger partial charge in [0.2, 0.25) is 5.91 Å². The van der Waals surface area contributed by atoms with E-state index in [0.29, 0.717) is 9.71 Å². The number of rotatable bonds is 7. The first kappa shape index (κ1) is 20.3. The van der Waals surface area contributed by atoms with Crippen LogP contribution in [0.25, 0.3) is 10.2 Å². The number of anilines is 1. The highest BCUT2D eigenvalue weighted by Crippen LogP contribution is 2.32. The summed E-state index contributed by atoms with van der Waals surface area (Å²) >= 11 is 2.60. The van der Waals surface area contributed by atoms with Gasteiger partial charge in [-0.05, 0) is 43.0 Å². The molecule has 0 aliphatic rings. The summed E-state index contributed by atoms with van der Waals surface area (Å²) in [4.78, 5) is 30.1. The van der Waals surface area contributed by atoms with Crippen LogP contribution >= 0.6 is 22.7 Å². The number of thiophene rings is 1. The van der Waals surface area contributed by atoms with E-state index in [1.807, 2.05) is 18.4 Å². The molecule has 28 heavy (non-hydrogen) atoms. The first-order valence-corrected chi connectivity index (χ1v) is 10.3. The van der Waals surface area contributed by atoms with Crippen molar-refractivity contribution in [3.8, 4) is 0 Å². The van der Waals surface area contributed by atoms with Crippen LogP contribution in [0.1, 0.15) is 30.3 Å². The standard InChI is InChI=1S/C19H18F2N2O3S2/c1-3-26-16(25)7-6-15(24)23(19-11(2)8-9-27-19)10-14-22-18-13(28-14)5-4-12(20)17(18)21/h4-5,8-9H,3,6-7,10H2,1-2H3. The van der Waals surface area contributed by atoms with Gasteiger partial charge in [0.25, 0.3) is 0 Å². The number of aromatic nitrogens is 1. The van der Waals surface area contributed by atoms with Gasteiger partial charge in [-0.15, -0.1) is 22.7 Å². The number of hydrogen-bond acceptors (Lipinski definition) is 6. The first-order valence-electron chi connectivity index (χ1n) is 8.64. The van der Waals surface area contributed by atoms with Crippen molar-refractivity contribution in [3.05, 3.63) is 45.8 Å². The Morgan fingerprint density at radius 2 is 2.00 bits per heavy atom. The molecule has 2 aromatic heterocycles. The minimum absolute atomic E-state index is 0.00986. The van der Waals surface area contributed by atoms with Crippen LogP contribution in [-0.2, 0) is 20.9 Å². The van der Waals surface area contributed by atoms with E-state index in [9.17, 15) is 18.4 Å². The van der Waals surface area contributed by atoms with Gasteiger partial charge >= 0.3 is 5.97 Å². The van der Waals surface area contributed by atoms with Crippen LogP contribution in [0, 0.1) is 18.6 Å². The summed E-state index contributed by atoms with van der Waals surface area (Å²) in [5, 5.41) is 3.08. The molecular formula is C19H18F2N2O3S2. The fraction of sp³-hybridized carbons (Fsp3) is 0.316. The highest BCUT2D eigenvalue weighted by atomic mass is 32.1. The number of nitrogens with zero attached hydrogens (tertiary/aromatic N) is 2. The zero-order chi connectivity index (χ0) is 20.3. The number of thiazole rings is 1. The highest BCUT2D eigenvalue weighted by Gasteiger charge is 2.22. The van der Waals surface area contributed by atoms with Gasteiger partial charge in [-0.3, -0.25) is 14.5 Å². The lowest BCUT2D eigenvalue weighted by molar-refractivity contribution is -0.144. The minimum atomic E-state index is -0.993. The molecule has 0 atom stereocenters. The second-order valence-electron chi connectivity index (χ2n) is 6.01. The molecule has 0 radical (unpaired) electrons. The molecule has 3 rings (SSSR count). The zero-order valence-corrected chi connectivity index (χ0v) is 17.0. The number of aryl methyl sites for hydroxylation is 1. The molecule has 1 amide bonds. The zero-order valence-electron chi connectivity index (χ0n) is 15.3. The first-order chi connectivity index (χ1) is 13.4. The van der Waals surface area contributed by atoms with Gasteiger partial charge in [-0.1, -0.05) is 0 Å². The van der Waals surface area contributed by atoms with Gasteiger partial charge in [0.1, 0.15) is 15.5 Å². The molecule has 3 aromatic rings. The second kappa shape index (κ2) is 8.74. The maximum absolute atomic E-state index is 14.0. The number of esters is 1. The smallest absolute Gasteiger partial charge is 0.306 e. The van der Waals surface area contributed by atoms with Crippen molar-refractivity contribution in [3.63, 3.8) is 0 Å². The summed E-state index contributed by atoms with van der Waals surface area (Å²) < 4.78 is 32.8. The lowest BCUT2D eigenvalue weighted by atomic mass is 10.2. The number of halogens is 2. The highest BCUT2D eigenvalue weighted by molar-refractivity contribution is 7.18. The van der Waals surface area contributed by atoms with E-state index in [1.165, 1.54) is 33.6 Å². The third-order valence-corrected chi connectivity index (χ3v) is 6.06. The Hall–Kier alpha value is -2.39. The van der Waals surface area contributed by atoms with Gasteiger partial charge in [-0.25, -0.2) is 13.8 Å². The summed E-state index contributed by atoms with van der Waals surface area (Å²) in [6.07, 6.45) is -0.0304. The molecule has 0 N–H and O–H groups in total. The number of carbonyl (C=O) groups excluding carboxylic acids is 2. The Labute approximate surface area is 168 Å². The van der Waals surface area contributed by atoms with Gasteiger partial charge < -0.3 is 4.74 Å². The third kappa shape index (κ3) is 4.36. The molecule has 0 unspecified atom stereocenters. The summed E-state index contributed by atoms with van der Waals surface area (Å²) in [5.74, 6) is -2.64. The van der Waals surface area contributed by atoms with Crippen molar-refractivity contribution < 1.29 is 23.1 Å². The monoisotopic (exact) mass is 424 g/mol. The lowest BCUT2D eigenvalue weighted by Crippen LogP contribution is -2.30. The van der Waals surface area contributed by atoms with E-state index in [-0.39, 0.29) is 37.4 Å². The second-order valence-corrected chi connectivity index (χ2v) is 8.02. The molecule has 9 heteroatoms. The molecule has 0 saturated heterocycles. The molecule has 1 aromatic carbocycles. The van der Waals surface area contributed by atoms with Crippen LogP contribution in [0.5, 0.6) is 0 Å². The molecule has 148 valence electrons. The van der Waals surface area contributed by atoms with E-state index in [0.717, 1.165) is 16.6 Å². The predicted octanol–water partition coefficient (Wildman–Crippen LogP) is 4.82. The predicted molar refractivity (Wildman–Crippen MR) is 106 cm³/mol. The quantitative estimate of drug-likeness (QED) is 0.510. The van der Waals surface area contributed by atoms with Crippen LogP contribution in [0.3, 0.4) is 0 Å². The Bertz CT molecular complexity index is 1020. The molecule has 0 spiro atoms. The Morgan fingerprint density at radius 3 is 2.68 bits per heavy atom. The molecule has 0 bridgehead atoms. The van der Waals surface area contributed by atoms with Crippen molar-refractivity contribution >= 4 is 49.8 Å². The largest absolute Gasteiger partial charge is 0.466 e. The van der Waals surface area contributed by atoms with Crippen LogP contribution in [0.4, 0.5) is 13.8 Å². The van der Waals surface area contributed by atoms with Gasteiger partial charge in [-0.2, -0.15) is 0 Å². The topological polar surface area (TPSA) is 59.5 Å². The maximum atomic E-state index is 14.0. The number of benzene rings is 1. The number of carbonyl (C=O) groups is 2. The average molecular weight is 424 g/mol. The minimum Gasteiger partial charge on any atom is -0.466 e. The summed E-state index contributed by atoms with van der Waals surface area (Å²) in [5.41, 5.74) is 0.870. The third-order valence-electron chi connectivity index (χ3n) is 4.02.